The number of carbonyl (C=O) groups excluding carboxylic acids is 1. The molecular formula is C17H22N2O3. The Labute approximate surface area is 130 Å². The summed E-state index contributed by atoms with van der Waals surface area (Å²) in [5.74, 6) is 1.60. The molecule has 0 saturated carbocycles. The fourth-order valence-corrected chi connectivity index (χ4v) is 2.34. The van der Waals surface area contributed by atoms with E-state index in [0.29, 0.717) is 25.3 Å². The van der Waals surface area contributed by atoms with Crippen LogP contribution in [0.25, 0.3) is 0 Å². The van der Waals surface area contributed by atoms with E-state index in [1.54, 1.807) is 7.11 Å². The predicted molar refractivity (Wildman–Crippen MR) is 83.8 cm³/mol. The zero-order chi connectivity index (χ0) is 16.1. The molecule has 2 rings (SSSR count). The lowest BCUT2D eigenvalue weighted by molar-refractivity contribution is -0.130. The highest BCUT2D eigenvalue weighted by Crippen LogP contribution is 2.16. The molecule has 0 unspecified atom stereocenters. The van der Waals surface area contributed by atoms with Crippen LogP contribution in [0.4, 0.5) is 0 Å². The van der Waals surface area contributed by atoms with Crippen LogP contribution in [-0.4, -0.2) is 29.6 Å². The van der Waals surface area contributed by atoms with Crippen LogP contribution in [0, 0.1) is 13.8 Å². The van der Waals surface area contributed by atoms with Gasteiger partial charge in [-0.2, -0.15) is 0 Å². The number of hydrogen-bond acceptors (Lipinski definition) is 4. The summed E-state index contributed by atoms with van der Waals surface area (Å²) in [5.41, 5.74) is 2.75. The Bertz CT molecular complexity index is 612. The molecule has 118 valence electrons. The van der Waals surface area contributed by atoms with Crippen LogP contribution in [0.2, 0.25) is 0 Å². The molecule has 0 fully saturated rings. The zero-order valence-electron chi connectivity index (χ0n) is 13.5. The third-order valence-corrected chi connectivity index (χ3v) is 3.78. The molecule has 1 heterocycles. The van der Waals surface area contributed by atoms with E-state index in [2.05, 4.69) is 5.16 Å². The van der Waals surface area contributed by atoms with Gasteiger partial charge in [-0.05, 0) is 38.5 Å². The van der Waals surface area contributed by atoms with Crippen molar-refractivity contribution in [2.24, 2.45) is 0 Å². The number of carbonyl (C=O) groups is 1. The molecule has 0 aliphatic carbocycles. The van der Waals surface area contributed by atoms with Gasteiger partial charge in [-0.1, -0.05) is 17.3 Å². The lowest BCUT2D eigenvalue weighted by Gasteiger charge is -2.21. The Kier molecular flexibility index (Phi) is 5.20. The number of rotatable bonds is 6. The van der Waals surface area contributed by atoms with Gasteiger partial charge in [0.15, 0.2) is 0 Å². The molecule has 2 aromatic rings. The summed E-state index contributed by atoms with van der Waals surface area (Å²) in [6.45, 7) is 6.92. The smallest absolute Gasteiger partial charge is 0.227 e. The first-order valence-corrected chi connectivity index (χ1v) is 7.37. The van der Waals surface area contributed by atoms with Crippen molar-refractivity contribution < 1.29 is 14.1 Å². The van der Waals surface area contributed by atoms with Gasteiger partial charge in [0.2, 0.25) is 5.91 Å². The monoisotopic (exact) mass is 302 g/mol. The van der Waals surface area contributed by atoms with E-state index in [0.717, 1.165) is 22.6 Å². The highest BCUT2D eigenvalue weighted by Gasteiger charge is 2.18. The van der Waals surface area contributed by atoms with Gasteiger partial charge < -0.3 is 14.2 Å². The first kappa shape index (κ1) is 16.1. The van der Waals surface area contributed by atoms with E-state index in [-0.39, 0.29) is 5.91 Å². The fraction of sp³-hybridized carbons (Fsp3) is 0.412. The number of nitrogens with zero attached hydrogens (tertiary/aromatic N) is 2. The maximum absolute atomic E-state index is 12.5. The van der Waals surface area contributed by atoms with E-state index < -0.39 is 0 Å². The van der Waals surface area contributed by atoms with E-state index in [4.69, 9.17) is 9.26 Å². The number of benzene rings is 1. The summed E-state index contributed by atoms with van der Waals surface area (Å²) >= 11 is 0. The number of likely N-dealkylation sites (N-methyl/N-ethyl adjacent to an activating group) is 1. The third-order valence-electron chi connectivity index (χ3n) is 3.78. The molecule has 0 N–H and O–H groups in total. The van der Waals surface area contributed by atoms with Crippen LogP contribution in [-0.2, 0) is 17.8 Å². The van der Waals surface area contributed by atoms with Crippen LogP contribution < -0.4 is 4.74 Å². The van der Waals surface area contributed by atoms with E-state index in [1.807, 2.05) is 49.9 Å². The molecule has 0 radical (unpaired) electrons. The molecule has 1 aromatic heterocycles. The lowest BCUT2D eigenvalue weighted by atomic mass is 10.1. The Balaban J connectivity index is 2.05. The summed E-state index contributed by atoms with van der Waals surface area (Å²) in [6.07, 6.45) is 0.325. The quantitative estimate of drug-likeness (QED) is 0.823. The second-order valence-corrected chi connectivity index (χ2v) is 5.24. The van der Waals surface area contributed by atoms with Gasteiger partial charge in [-0.3, -0.25) is 4.79 Å². The number of methoxy groups -OCH3 is 1. The number of amides is 1. The Morgan fingerprint density at radius 2 is 1.95 bits per heavy atom. The van der Waals surface area contributed by atoms with Crippen LogP contribution in [0.15, 0.2) is 28.8 Å². The van der Waals surface area contributed by atoms with Crippen LogP contribution in [0.1, 0.15) is 29.5 Å². The molecule has 0 saturated heterocycles. The highest BCUT2D eigenvalue weighted by atomic mass is 16.5. The zero-order valence-corrected chi connectivity index (χ0v) is 13.5. The summed E-state index contributed by atoms with van der Waals surface area (Å²) in [5, 5.41) is 3.90. The topological polar surface area (TPSA) is 55.6 Å². The van der Waals surface area contributed by atoms with Crippen LogP contribution >= 0.6 is 0 Å². The van der Waals surface area contributed by atoms with Gasteiger partial charge in [-0.25, -0.2) is 0 Å². The second-order valence-electron chi connectivity index (χ2n) is 5.24. The van der Waals surface area contributed by atoms with Crippen molar-refractivity contribution in [2.75, 3.05) is 13.7 Å². The molecule has 5 heteroatoms. The molecule has 1 aromatic carbocycles. The number of ether oxygens (including phenoxy) is 1. The Morgan fingerprint density at radius 1 is 1.27 bits per heavy atom. The standard InChI is InChI=1S/C17H22N2O3/c1-5-19(11-14-6-8-15(21-4)9-7-14)17(20)10-16-12(2)18-22-13(16)3/h6-9H,5,10-11H2,1-4H3. The van der Waals surface area contributed by atoms with Crippen molar-refractivity contribution in [1.29, 1.82) is 0 Å². The van der Waals surface area contributed by atoms with Crippen molar-refractivity contribution in [1.82, 2.24) is 10.1 Å². The van der Waals surface area contributed by atoms with Gasteiger partial charge in [0.05, 0.1) is 19.2 Å². The highest BCUT2D eigenvalue weighted by molar-refractivity contribution is 5.79. The van der Waals surface area contributed by atoms with Crippen molar-refractivity contribution >= 4 is 5.91 Å². The SMILES string of the molecule is CCN(Cc1ccc(OC)cc1)C(=O)Cc1c(C)noc1C. The van der Waals surface area contributed by atoms with Crippen molar-refractivity contribution in [3.63, 3.8) is 0 Å². The molecule has 0 bridgehead atoms. The lowest BCUT2D eigenvalue weighted by Crippen LogP contribution is -2.31. The second kappa shape index (κ2) is 7.11. The average Bonchev–Trinajstić information content (AvgIpc) is 2.85. The minimum absolute atomic E-state index is 0.0766. The third kappa shape index (κ3) is 3.67. The molecular weight excluding hydrogens is 280 g/mol. The normalized spacial score (nSPS) is 10.5. The molecule has 0 atom stereocenters. The summed E-state index contributed by atoms with van der Waals surface area (Å²) in [7, 11) is 1.64. The van der Waals surface area contributed by atoms with Crippen molar-refractivity contribution in [3.05, 3.63) is 46.8 Å². The first-order chi connectivity index (χ1) is 10.5. The van der Waals surface area contributed by atoms with Crippen LogP contribution in [0.3, 0.4) is 0 Å². The summed E-state index contributed by atoms with van der Waals surface area (Å²) in [4.78, 5) is 14.3. The van der Waals surface area contributed by atoms with Gasteiger partial charge in [0, 0.05) is 18.7 Å². The van der Waals surface area contributed by atoms with Crippen molar-refractivity contribution in [2.45, 2.75) is 33.7 Å². The number of aromatic nitrogens is 1. The maximum atomic E-state index is 12.5. The average molecular weight is 302 g/mol. The Hall–Kier alpha value is -2.30. The minimum Gasteiger partial charge on any atom is -0.497 e. The fourth-order valence-electron chi connectivity index (χ4n) is 2.34. The molecule has 5 nitrogen and oxygen atoms in total. The number of hydrogen-bond donors (Lipinski definition) is 0. The van der Waals surface area contributed by atoms with E-state index >= 15 is 0 Å². The Morgan fingerprint density at radius 3 is 2.45 bits per heavy atom. The van der Waals surface area contributed by atoms with Gasteiger partial charge >= 0.3 is 0 Å². The largest absolute Gasteiger partial charge is 0.497 e. The van der Waals surface area contributed by atoms with E-state index in [1.165, 1.54) is 0 Å². The molecule has 0 spiro atoms. The van der Waals surface area contributed by atoms with E-state index in [9.17, 15) is 4.79 Å². The minimum atomic E-state index is 0.0766. The molecule has 22 heavy (non-hydrogen) atoms. The molecule has 0 aliphatic heterocycles. The van der Waals surface area contributed by atoms with Gasteiger partial charge in [-0.15, -0.1) is 0 Å². The van der Waals surface area contributed by atoms with Crippen LogP contribution in [0.5, 0.6) is 5.75 Å². The first-order valence-electron chi connectivity index (χ1n) is 7.37. The van der Waals surface area contributed by atoms with Gasteiger partial charge in [0.1, 0.15) is 11.5 Å². The van der Waals surface area contributed by atoms with Gasteiger partial charge in [0.25, 0.3) is 0 Å². The summed E-state index contributed by atoms with van der Waals surface area (Å²) < 4.78 is 10.3. The maximum Gasteiger partial charge on any atom is 0.227 e. The molecule has 1 amide bonds. The summed E-state index contributed by atoms with van der Waals surface area (Å²) in [6, 6.07) is 7.76. The molecule has 0 aliphatic rings. The van der Waals surface area contributed by atoms with Crippen molar-refractivity contribution in [3.8, 4) is 5.75 Å². The predicted octanol–water partition coefficient (Wildman–Crippen LogP) is 2.89. The number of aryl methyl sites for hydroxylation is 2.